The first kappa shape index (κ1) is 19.6. The molecule has 5 heteroatoms. The maximum Gasteiger partial charge on any atom is 0.191 e. The van der Waals surface area contributed by atoms with Crippen LogP contribution in [0.2, 0.25) is 0 Å². The monoisotopic (exact) mass is 329 g/mol. The Labute approximate surface area is 140 Å². The first-order chi connectivity index (χ1) is 10.5. The fourth-order valence-corrected chi connectivity index (χ4v) is 4.17. The minimum atomic E-state index is 0.265. The van der Waals surface area contributed by atoms with Crippen molar-refractivity contribution in [1.82, 2.24) is 10.6 Å². The molecule has 130 valence electrons. The van der Waals surface area contributed by atoms with Crippen molar-refractivity contribution in [3.8, 4) is 0 Å². The Morgan fingerprint density at radius 2 is 2.14 bits per heavy atom. The van der Waals surface area contributed by atoms with E-state index in [1.54, 1.807) is 0 Å². The number of aliphatic hydroxyl groups is 1. The Balaban J connectivity index is 2.50. The van der Waals surface area contributed by atoms with Crippen molar-refractivity contribution in [3.63, 3.8) is 0 Å². The van der Waals surface area contributed by atoms with Crippen molar-refractivity contribution in [1.29, 1.82) is 0 Å². The van der Waals surface area contributed by atoms with Crippen LogP contribution in [0.1, 0.15) is 53.4 Å². The molecule has 0 aromatic carbocycles. The number of aliphatic imine (C=N–C) groups is 1. The quantitative estimate of drug-likeness (QED) is 0.450. The summed E-state index contributed by atoms with van der Waals surface area (Å²) in [5.74, 6) is 3.35. The van der Waals surface area contributed by atoms with Crippen LogP contribution in [0.4, 0.5) is 0 Å². The molecule has 1 aliphatic heterocycles. The molecule has 22 heavy (non-hydrogen) atoms. The van der Waals surface area contributed by atoms with Crippen LogP contribution in [-0.4, -0.2) is 47.8 Å². The standard InChI is InChI=1S/C17H35N3OS/c1-5-18-16(20-13-17(4)8-6-10-22-17)19-12-15(7-9-21)11-14(2)3/h14-15,21H,5-13H2,1-4H3,(H2,18,19,20). The fourth-order valence-electron chi connectivity index (χ4n) is 2.94. The normalized spacial score (nSPS) is 23.8. The van der Waals surface area contributed by atoms with Crippen LogP contribution in [0.25, 0.3) is 0 Å². The third-order valence-electron chi connectivity index (χ3n) is 4.12. The maximum absolute atomic E-state index is 9.22. The summed E-state index contributed by atoms with van der Waals surface area (Å²) >= 11 is 2.05. The van der Waals surface area contributed by atoms with Gasteiger partial charge >= 0.3 is 0 Å². The number of guanidine groups is 1. The van der Waals surface area contributed by atoms with Gasteiger partial charge in [-0.05, 0) is 57.1 Å². The summed E-state index contributed by atoms with van der Waals surface area (Å²) in [4.78, 5) is 4.79. The number of nitrogens with zero attached hydrogens (tertiary/aromatic N) is 1. The molecule has 0 aliphatic carbocycles. The highest BCUT2D eigenvalue weighted by atomic mass is 32.2. The number of hydrogen-bond acceptors (Lipinski definition) is 3. The molecule has 0 radical (unpaired) electrons. The Morgan fingerprint density at radius 1 is 1.36 bits per heavy atom. The molecule has 3 N–H and O–H groups in total. The summed E-state index contributed by atoms with van der Waals surface area (Å²) in [6.45, 7) is 11.8. The van der Waals surface area contributed by atoms with Crippen molar-refractivity contribution in [2.75, 3.05) is 32.0 Å². The van der Waals surface area contributed by atoms with Crippen molar-refractivity contribution in [2.45, 2.75) is 58.1 Å². The first-order valence-electron chi connectivity index (χ1n) is 8.76. The molecule has 1 saturated heterocycles. The highest BCUT2D eigenvalue weighted by Crippen LogP contribution is 2.37. The lowest BCUT2D eigenvalue weighted by molar-refractivity contribution is 0.243. The van der Waals surface area contributed by atoms with Gasteiger partial charge in [0.25, 0.3) is 0 Å². The van der Waals surface area contributed by atoms with Gasteiger partial charge in [0.2, 0.25) is 0 Å². The van der Waals surface area contributed by atoms with Gasteiger partial charge in [0.05, 0.1) is 6.54 Å². The third-order valence-corrected chi connectivity index (χ3v) is 5.64. The van der Waals surface area contributed by atoms with E-state index in [0.29, 0.717) is 16.6 Å². The van der Waals surface area contributed by atoms with Gasteiger partial charge in [-0.15, -0.1) is 0 Å². The SMILES string of the molecule is CCNC(=NCC1(C)CCCS1)NCC(CCO)CC(C)C. The second kappa shape index (κ2) is 10.4. The molecule has 1 heterocycles. The van der Waals surface area contributed by atoms with Gasteiger partial charge in [0.1, 0.15) is 0 Å². The predicted molar refractivity (Wildman–Crippen MR) is 98.7 cm³/mol. The highest BCUT2D eigenvalue weighted by molar-refractivity contribution is 8.00. The molecule has 0 aromatic rings. The van der Waals surface area contributed by atoms with Crippen molar-refractivity contribution < 1.29 is 5.11 Å². The number of thioether (sulfide) groups is 1. The minimum Gasteiger partial charge on any atom is -0.396 e. The number of hydrogen-bond donors (Lipinski definition) is 3. The number of aliphatic hydroxyl groups excluding tert-OH is 1. The van der Waals surface area contributed by atoms with Crippen molar-refractivity contribution >= 4 is 17.7 Å². The molecule has 2 atom stereocenters. The fraction of sp³-hybridized carbons (Fsp3) is 0.941. The molecule has 1 rings (SSSR count). The minimum absolute atomic E-state index is 0.265. The summed E-state index contributed by atoms with van der Waals surface area (Å²) in [6.07, 6.45) is 4.58. The molecule has 0 bridgehead atoms. The molecule has 0 amide bonds. The molecule has 1 aliphatic rings. The average Bonchev–Trinajstić information content (AvgIpc) is 2.88. The smallest absolute Gasteiger partial charge is 0.191 e. The van der Waals surface area contributed by atoms with E-state index < -0.39 is 0 Å². The highest BCUT2D eigenvalue weighted by Gasteiger charge is 2.29. The lowest BCUT2D eigenvalue weighted by Crippen LogP contribution is -2.41. The third kappa shape index (κ3) is 7.73. The Hall–Kier alpha value is -0.420. The van der Waals surface area contributed by atoms with E-state index in [2.05, 4.69) is 38.3 Å². The van der Waals surface area contributed by atoms with Gasteiger partial charge in [0, 0.05) is 24.4 Å². The van der Waals surface area contributed by atoms with Crippen LogP contribution in [-0.2, 0) is 0 Å². The van der Waals surface area contributed by atoms with E-state index in [1.165, 1.54) is 18.6 Å². The summed E-state index contributed by atoms with van der Waals surface area (Å²) in [5.41, 5.74) is 0. The molecule has 4 nitrogen and oxygen atoms in total. The topological polar surface area (TPSA) is 56.7 Å². The van der Waals surface area contributed by atoms with Crippen LogP contribution < -0.4 is 10.6 Å². The van der Waals surface area contributed by atoms with E-state index in [4.69, 9.17) is 4.99 Å². The summed E-state index contributed by atoms with van der Waals surface area (Å²) < 4.78 is 0.310. The van der Waals surface area contributed by atoms with Gasteiger partial charge in [-0.2, -0.15) is 11.8 Å². The maximum atomic E-state index is 9.22. The van der Waals surface area contributed by atoms with E-state index >= 15 is 0 Å². The van der Waals surface area contributed by atoms with E-state index in [-0.39, 0.29) is 6.61 Å². The van der Waals surface area contributed by atoms with Crippen LogP contribution in [0.15, 0.2) is 4.99 Å². The molecule has 0 aromatic heterocycles. The average molecular weight is 330 g/mol. The van der Waals surface area contributed by atoms with E-state index in [0.717, 1.165) is 38.4 Å². The van der Waals surface area contributed by atoms with Gasteiger partial charge in [-0.1, -0.05) is 13.8 Å². The summed E-state index contributed by atoms with van der Waals surface area (Å²) in [6, 6.07) is 0. The first-order valence-corrected chi connectivity index (χ1v) is 9.74. The van der Waals surface area contributed by atoms with Crippen LogP contribution in [0, 0.1) is 11.8 Å². The number of nitrogens with one attached hydrogen (secondary N) is 2. The molecular formula is C17H35N3OS. The largest absolute Gasteiger partial charge is 0.396 e. The Bertz CT molecular complexity index is 328. The Kier molecular flexibility index (Phi) is 9.25. The zero-order valence-electron chi connectivity index (χ0n) is 14.8. The zero-order chi connectivity index (χ0) is 16.4. The predicted octanol–water partition coefficient (Wildman–Crippen LogP) is 2.87. The molecule has 1 fully saturated rings. The lowest BCUT2D eigenvalue weighted by Gasteiger charge is -2.23. The van der Waals surface area contributed by atoms with Gasteiger partial charge in [-0.25, -0.2) is 0 Å². The van der Waals surface area contributed by atoms with E-state index in [9.17, 15) is 5.11 Å². The van der Waals surface area contributed by atoms with Gasteiger partial charge < -0.3 is 15.7 Å². The second-order valence-electron chi connectivity index (χ2n) is 6.99. The van der Waals surface area contributed by atoms with Crippen LogP contribution in [0.3, 0.4) is 0 Å². The van der Waals surface area contributed by atoms with Crippen molar-refractivity contribution in [2.24, 2.45) is 16.8 Å². The van der Waals surface area contributed by atoms with Gasteiger partial charge in [-0.3, -0.25) is 4.99 Å². The summed E-state index contributed by atoms with van der Waals surface area (Å²) in [5, 5.41) is 16.0. The van der Waals surface area contributed by atoms with Crippen LogP contribution in [0.5, 0.6) is 0 Å². The van der Waals surface area contributed by atoms with Gasteiger partial charge in [0.15, 0.2) is 5.96 Å². The lowest BCUT2D eigenvalue weighted by atomic mass is 9.94. The van der Waals surface area contributed by atoms with Crippen molar-refractivity contribution in [3.05, 3.63) is 0 Å². The Morgan fingerprint density at radius 3 is 2.68 bits per heavy atom. The second-order valence-corrected chi connectivity index (χ2v) is 8.67. The van der Waals surface area contributed by atoms with Crippen LogP contribution >= 0.6 is 11.8 Å². The molecule has 0 spiro atoms. The zero-order valence-corrected chi connectivity index (χ0v) is 15.6. The van der Waals surface area contributed by atoms with E-state index in [1.807, 2.05) is 11.8 Å². The molecular weight excluding hydrogens is 294 g/mol. The number of rotatable bonds is 9. The molecule has 2 unspecified atom stereocenters. The summed E-state index contributed by atoms with van der Waals surface area (Å²) in [7, 11) is 0. The molecule has 0 saturated carbocycles.